The molecule has 0 bridgehead atoms. The number of carbonyl (C=O) groups excluding carboxylic acids is 4. The Balaban J connectivity index is 2.79. The largest absolute Gasteiger partial charge is 0.464 e. The lowest BCUT2D eigenvalue weighted by Crippen LogP contribution is -2.51. The van der Waals surface area contributed by atoms with Gasteiger partial charge < -0.3 is 14.8 Å². The van der Waals surface area contributed by atoms with Crippen molar-refractivity contribution in [3.8, 4) is 0 Å². The molecule has 0 aliphatic heterocycles. The Morgan fingerprint density at radius 1 is 1.00 bits per heavy atom. The molecule has 0 unspecified atom stereocenters. The van der Waals surface area contributed by atoms with Crippen LogP contribution in [0.15, 0.2) is 30.3 Å². The highest BCUT2D eigenvalue weighted by Gasteiger charge is 2.37. The van der Waals surface area contributed by atoms with Crippen LogP contribution in [-0.4, -0.2) is 36.3 Å². The molecule has 0 fully saturated rings. The van der Waals surface area contributed by atoms with E-state index < -0.39 is 35.6 Å². The summed E-state index contributed by atoms with van der Waals surface area (Å²) in [6.07, 6.45) is -0.913. The summed E-state index contributed by atoms with van der Waals surface area (Å²) in [4.78, 5) is 47.3. The number of ether oxygens (including phenoxy) is 2. The van der Waals surface area contributed by atoms with Crippen molar-refractivity contribution in [3.05, 3.63) is 35.9 Å². The van der Waals surface area contributed by atoms with E-state index in [1.54, 1.807) is 31.2 Å². The first-order valence-electron chi connectivity index (χ1n) is 7.51. The quantitative estimate of drug-likeness (QED) is 0.573. The van der Waals surface area contributed by atoms with Crippen LogP contribution >= 0.6 is 0 Å². The number of alkyl carbamates (subject to hydrolysis) is 1. The van der Waals surface area contributed by atoms with Crippen molar-refractivity contribution in [3.63, 3.8) is 0 Å². The maximum atomic E-state index is 12.0. The lowest BCUT2D eigenvalue weighted by Gasteiger charge is -2.22. The van der Waals surface area contributed by atoms with Gasteiger partial charge in [0.2, 0.25) is 0 Å². The zero-order chi connectivity index (χ0) is 18.1. The van der Waals surface area contributed by atoms with Gasteiger partial charge in [0.15, 0.2) is 0 Å². The van der Waals surface area contributed by atoms with E-state index in [4.69, 9.17) is 9.47 Å². The second-order valence-electron chi connectivity index (χ2n) is 5.13. The Bertz CT molecular complexity index is 584. The SMILES string of the molecule is CCOC(=O)[C@@H](NC(=O)OCc1ccccc1)C(C(C)=O)C(C)=O. The monoisotopic (exact) mass is 335 g/mol. The number of Topliss-reactive ketones (excluding diaryl/α,β-unsaturated/α-hetero) is 2. The summed E-state index contributed by atoms with van der Waals surface area (Å²) in [5.41, 5.74) is 0.759. The molecule has 0 saturated heterocycles. The van der Waals surface area contributed by atoms with Crippen LogP contribution in [0, 0.1) is 5.92 Å². The maximum absolute atomic E-state index is 12.0. The first-order chi connectivity index (χ1) is 11.4. The molecule has 1 aromatic rings. The molecule has 0 aliphatic carbocycles. The third-order valence-corrected chi connectivity index (χ3v) is 3.24. The summed E-state index contributed by atoms with van der Waals surface area (Å²) in [5, 5.41) is 2.26. The molecule has 1 N–H and O–H groups in total. The molecule has 130 valence electrons. The van der Waals surface area contributed by atoms with Crippen LogP contribution in [0.3, 0.4) is 0 Å². The van der Waals surface area contributed by atoms with E-state index in [1.807, 2.05) is 6.07 Å². The number of nitrogens with one attached hydrogen (secondary N) is 1. The van der Waals surface area contributed by atoms with Crippen LogP contribution in [0.5, 0.6) is 0 Å². The Morgan fingerprint density at radius 2 is 1.58 bits per heavy atom. The van der Waals surface area contributed by atoms with Crippen molar-refractivity contribution in [1.82, 2.24) is 5.32 Å². The lowest BCUT2D eigenvalue weighted by atomic mass is 9.92. The summed E-state index contributed by atoms with van der Waals surface area (Å²) in [6.45, 7) is 3.98. The molecule has 0 aromatic heterocycles. The fraction of sp³-hybridized carbons (Fsp3) is 0.412. The van der Waals surface area contributed by atoms with Crippen LogP contribution in [-0.2, 0) is 30.5 Å². The van der Waals surface area contributed by atoms with E-state index in [1.165, 1.54) is 13.8 Å². The summed E-state index contributed by atoms with van der Waals surface area (Å²) in [7, 11) is 0. The van der Waals surface area contributed by atoms with E-state index >= 15 is 0 Å². The van der Waals surface area contributed by atoms with Crippen molar-refractivity contribution in [2.75, 3.05) is 6.61 Å². The minimum absolute atomic E-state index is 0.00692. The average molecular weight is 335 g/mol. The van der Waals surface area contributed by atoms with Crippen LogP contribution in [0.25, 0.3) is 0 Å². The molecular weight excluding hydrogens is 314 g/mol. The normalized spacial score (nSPS) is 11.5. The summed E-state index contributed by atoms with van der Waals surface area (Å²) < 4.78 is 9.85. The molecule has 0 radical (unpaired) electrons. The number of amides is 1. The van der Waals surface area contributed by atoms with Gasteiger partial charge in [-0.1, -0.05) is 30.3 Å². The highest BCUT2D eigenvalue weighted by Crippen LogP contribution is 2.11. The van der Waals surface area contributed by atoms with Gasteiger partial charge >= 0.3 is 12.1 Å². The molecule has 24 heavy (non-hydrogen) atoms. The Hall–Kier alpha value is -2.70. The van der Waals surface area contributed by atoms with Gasteiger partial charge in [0, 0.05) is 0 Å². The highest BCUT2D eigenvalue weighted by molar-refractivity contribution is 6.05. The topological polar surface area (TPSA) is 98.8 Å². The van der Waals surface area contributed by atoms with Crippen LogP contribution in [0.1, 0.15) is 26.3 Å². The Kier molecular flexibility index (Phi) is 7.61. The van der Waals surface area contributed by atoms with Gasteiger partial charge in [0.05, 0.1) is 6.61 Å². The fourth-order valence-electron chi connectivity index (χ4n) is 2.16. The molecular formula is C17H21NO6. The average Bonchev–Trinajstić information content (AvgIpc) is 2.52. The standard InChI is InChI=1S/C17H21NO6/c1-4-23-16(21)15(14(11(2)19)12(3)20)18-17(22)24-10-13-8-6-5-7-9-13/h5-9,14-15H,4,10H2,1-3H3,(H,18,22)/t15-/m0/s1. The van der Waals surface area contributed by atoms with Crippen LogP contribution < -0.4 is 5.32 Å². The van der Waals surface area contributed by atoms with E-state index in [0.29, 0.717) is 0 Å². The van der Waals surface area contributed by atoms with Crippen LogP contribution in [0.2, 0.25) is 0 Å². The van der Waals surface area contributed by atoms with E-state index in [-0.39, 0.29) is 13.2 Å². The number of ketones is 2. The number of rotatable bonds is 8. The second-order valence-corrected chi connectivity index (χ2v) is 5.13. The van der Waals surface area contributed by atoms with Gasteiger partial charge in [-0.05, 0) is 26.3 Å². The van der Waals surface area contributed by atoms with E-state index in [2.05, 4.69) is 5.32 Å². The van der Waals surface area contributed by atoms with Gasteiger partial charge in [0.1, 0.15) is 30.1 Å². The Morgan fingerprint density at radius 3 is 2.08 bits per heavy atom. The molecule has 0 spiro atoms. The summed E-state index contributed by atoms with van der Waals surface area (Å²) in [5.74, 6) is -3.24. The van der Waals surface area contributed by atoms with Crippen molar-refractivity contribution in [2.24, 2.45) is 5.92 Å². The predicted molar refractivity (Wildman–Crippen MR) is 85.0 cm³/mol. The Labute approximate surface area is 140 Å². The predicted octanol–water partition coefficient (Wildman–Crippen LogP) is 1.64. The number of carbonyl (C=O) groups is 4. The molecule has 1 rings (SSSR count). The molecule has 7 heteroatoms. The van der Waals surface area contributed by atoms with E-state index in [9.17, 15) is 19.2 Å². The third kappa shape index (κ3) is 5.83. The molecule has 0 saturated carbocycles. The molecule has 1 aromatic carbocycles. The van der Waals surface area contributed by atoms with Gasteiger partial charge in [-0.3, -0.25) is 9.59 Å². The van der Waals surface area contributed by atoms with Crippen molar-refractivity contribution in [2.45, 2.75) is 33.4 Å². The first kappa shape index (κ1) is 19.3. The molecule has 1 amide bonds. The van der Waals surface area contributed by atoms with Gasteiger partial charge in [-0.15, -0.1) is 0 Å². The zero-order valence-electron chi connectivity index (χ0n) is 13.9. The lowest BCUT2D eigenvalue weighted by molar-refractivity contribution is -0.151. The van der Waals surface area contributed by atoms with E-state index in [0.717, 1.165) is 5.56 Å². The van der Waals surface area contributed by atoms with Gasteiger partial charge in [-0.2, -0.15) is 0 Å². The van der Waals surface area contributed by atoms with Crippen molar-refractivity contribution >= 4 is 23.6 Å². The number of esters is 1. The van der Waals surface area contributed by atoms with Crippen LogP contribution in [0.4, 0.5) is 4.79 Å². The smallest absolute Gasteiger partial charge is 0.408 e. The van der Waals surface area contributed by atoms with Gasteiger partial charge in [0.25, 0.3) is 0 Å². The van der Waals surface area contributed by atoms with Crippen molar-refractivity contribution < 1.29 is 28.7 Å². The third-order valence-electron chi connectivity index (χ3n) is 3.24. The number of hydrogen-bond donors (Lipinski definition) is 1. The molecule has 1 atom stereocenters. The summed E-state index contributed by atoms with van der Waals surface area (Å²) in [6, 6.07) is 7.53. The fourth-order valence-corrected chi connectivity index (χ4v) is 2.16. The number of hydrogen-bond acceptors (Lipinski definition) is 6. The van der Waals surface area contributed by atoms with Crippen molar-refractivity contribution in [1.29, 1.82) is 0 Å². The minimum atomic E-state index is -1.41. The second kappa shape index (κ2) is 9.44. The number of benzene rings is 1. The molecule has 7 nitrogen and oxygen atoms in total. The highest BCUT2D eigenvalue weighted by atomic mass is 16.6. The summed E-state index contributed by atoms with van der Waals surface area (Å²) >= 11 is 0. The first-order valence-corrected chi connectivity index (χ1v) is 7.51. The molecule has 0 aliphatic rings. The van der Waals surface area contributed by atoms with Gasteiger partial charge in [-0.25, -0.2) is 9.59 Å². The molecule has 0 heterocycles. The minimum Gasteiger partial charge on any atom is -0.464 e. The zero-order valence-corrected chi connectivity index (χ0v) is 13.9. The maximum Gasteiger partial charge on any atom is 0.408 e.